The van der Waals surface area contributed by atoms with Crippen molar-refractivity contribution in [2.24, 2.45) is 11.8 Å². The second-order valence-electron chi connectivity index (χ2n) is 3.66. The van der Waals surface area contributed by atoms with Crippen LogP contribution in [0.2, 0.25) is 0 Å². The first-order valence-electron chi connectivity index (χ1n) is 4.96. The van der Waals surface area contributed by atoms with E-state index in [0.29, 0.717) is 11.8 Å². The molecule has 0 aromatic carbocycles. The molecule has 2 nitrogen and oxygen atoms in total. The summed E-state index contributed by atoms with van der Waals surface area (Å²) in [6.45, 7) is 14.0. The lowest BCUT2D eigenvalue weighted by atomic mass is 10.2. The summed E-state index contributed by atoms with van der Waals surface area (Å²) in [7, 11) is 0. The fraction of sp³-hybridized carbons (Fsp3) is 1.00. The normalized spacial score (nSPS) is 10.5. The maximum atomic E-state index is 9.22. The van der Waals surface area contributed by atoms with Crippen LogP contribution < -0.4 is 0 Å². The molecule has 12 heavy (non-hydrogen) atoms. The van der Waals surface area contributed by atoms with Crippen LogP contribution in [0.1, 0.15) is 41.5 Å². The van der Waals surface area contributed by atoms with Crippen LogP contribution in [0, 0.1) is 11.8 Å². The SMILES string of the molecule is CC.CC(C)CN(O)CC(C)C. The molecule has 0 aliphatic heterocycles. The Kier molecular flexibility index (Phi) is 10.8. The molecule has 0 saturated heterocycles. The molecule has 0 radical (unpaired) electrons. The Bertz CT molecular complexity index is 71.9. The number of hydrogen-bond acceptors (Lipinski definition) is 2. The van der Waals surface area contributed by atoms with Crippen LogP contribution in [0.15, 0.2) is 0 Å². The van der Waals surface area contributed by atoms with Crippen molar-refractivity contribution in [3.8, 4) is 0 Å². The minimum Gasteiger partial charge on any atom is -0.314 e. The van der Waals surface area contributed by atoms with Gasteiger partial charge >= 0.3 is 0 Å². The van der Waals surface area contributed by atoms with E-state index in [9.17, 15) is 5.21 Å². The molecule has 0 fully saturated rings. The molecule has 0 rings (SSSR count). The van der Waals surface area contributed by atoms with Gasteiger partial charge in [-0.05, 0) is 11.8 Å². The monoisotopic (exact) mass is 175 g/mol. The van der Waals surface area contributed by atoms with Gasteiger partial charge < -0.3 is 5.21 Å². The average Bonchev–Trinajstić information content (AvgIpc) is 1.87. The van der Waals surface area contributed by atoms with E-state index in [-0.39, 0.29) is 0 Å². The number of hydroxylamine groups is 2. The Morgan fingerprint density at radius 3 is 1.33 bits per heavy atom. The molecule has 2 heteroatoms. The van der Waals surface area contributed by atoms with E-state index in [1.807, 2.05) is 13.8 Å². The van der Waals surface area contributed by atoms with E-state index in [1.54, 1.807) is 0 Å². The standard InChI is InChI=1S/C8H19NO.C2H6/c1-7(2)5-9(10)6-8(3)4;1-2/h7-8,10H,5-6H2,1-4H3;1-2H3. The zero-order valence-electron chi connectivity index (χ0n) is 9.46. The summed E-state index contributed by atoms with van der Waals surface area (Å²) in [5.74, 6) is 1.09. The molecule has 76 valence electrons. The van der Waals surface area contributed by atoms with Crippen molar-refractivity contribution < 1.29 is 5.21 Å². The quantitative estimate of drug-likeness (QED) is 0.664. The molecule has 0 aromatic rings. The lowest BCUT2D eigenvalue weighted by molar-refractivity contribution is -0.106. The number of hydrogen-bond donors (Lipinski definition) is 1. The van der Waals surface area contributed by atoms with Gasteiger partial charge in [0.25, 0.3) is 0 Å². The van der Waals surface area contributed by atoms with E-state index in [2.05, 4.69) is 27.7 Å². The molecular formula is C10H25NO. The Hall–Kier alpha value is -0.0800. The topological polar surface area (TPSA) is 23.5 Å². The van der Waals surface area contributed by atoms with Gasteiger partial charge in [-0.15, -0.1) is 0 Å². The third-order valence-corrected chi connectivity index (χ3v) is 1.15. The second-order valence-corrected chi connectivity index (χ2v) is 3.66. The zero-order chi connectivity index (χ0) is 10.1. The second kappa shape index (κ2) is 9.01. The van der Waals surface area contributed by atoms with Gasteiger partial charge in [0.15, 0.2) is 0 Å². The molecule has 0 aliphatic rings. The van der Waals surface area contributed by atoms with E-state index >= 15 is 0 Å². The predicted octanol–water partition coefficient (Wildman–Crippen LogP) is 3.02. The summed E-state index contributed by atoms with van der Waals surface area (Å²) >= 11 is 0. The Morgan fingerprint density at radius 1 is 0.917 bits per heavy atom. The molecule has 1 N–H and O–H groups in total. The van der Waals surface area contributed by atoms with Gasteiger partial charge in [-0.1, -0.05) is 41.5 Å². The van der Waals surface area contributed by atoms with Gasteiger partial charge in [-0.2, -0.15) is 5.06 Å². The minimum atomic E-state index is 0.545. The van der Waals surface area contributed by atoms with Crippen molar-refractivity contribution >= 4 is 0 Å². The van der Waals surface area contributed by atoms with Crippen molar-refractivity contribution in [2.75, 3.05) is 13.1 Å². The molecule has 0 unspecified atom stereocenters. The largest absolute Gasteiger partial charge is 0.314 e. The third-order valence-electron chi connectivity index (χ3n) is 1.15. The van der Waals surface area contributed by atoms with Gasteiger partial charge in [-0.3, -0.25) is 0 Å². The summed E-state index contributed by atoms with van der Waals surface area (Å²) in [4.78, 5) is 0. The van der Waals surface area contributed by atoms with Gasteiger partial charge in [-0.25, -0.2) is 0 Å². The first-order valence-corrected chi connectivity index (χ1v) is 4.96. The molecule has 0 heterocycles. The fourth-order valence-corrected chi connectivity index (χ4v) is 0.918. The van der Waals surface area contributed by atoms with E-state index in [4.69, 9.17) is 0 Å². The highest BCUT2D eigenvalue weighted by Crippen LogP contribution is 1.99. The van der Waals surface area contributed by atoms with Crippen LogP contribution in [0.5, 0.6) is 0 Å². The van der Waals surface area contributed by atoms with Crippen LogP contribution in [-0.4, -0.2) is 23.4 Å². The van der Waals surface area contributed by atoms with Crippen molar-refractivity contribution in [3.63, 3.8) is 0 Å². The van der Waals surface area contributed by atoms with E-state index in [0.717, 1.165) is 13.1 Å². The van der Waals surface area contributed by atoms with Crippen molar-refractivity contribution in [1.29, 1.82) is 0 Å². The average molecular weight is 175 g/mol. The first-order chi connectivity index (χ1) is 5.52. The molecule has 0 aromatic heterocycles. The van der Waals surface area contributed by atoms with Crippen molar-refractivity contribution in [3.05, 3.63) is 0 Å². The van der Waals surface area contributed by atoms with Crippen LogP contribution in [0.4, 0.5) is 0 Å². The molecule has 0 amide bonds. The Labute approximate surface area is 77.5 Å². The van der Waals surface area contributed by atoms with Gasteiger partial charge in [0, 0.05) is 13.1 Å². The summed E-state index contributed by atoms with van der Waals surface area (Å²) in [6, 6.07) is 0. The molecule has 0 aliphatic carbocycles. The van der Waals surface area contributed by atoms with Crippen molar-refractivity contribution in [2.45, 2.75) is 41.5 Å². The third kappa shape index (κ3) is 12.6. The van der Waals surface area contributed by atoms with Crippen LogP contribution in [0.3, 0.4) is 0 Å². The van der Waals surface area contributed by atoms with E-state index < -0.39 is 0 Å². The first kappa shape index (κ1) is 14.4. The summed E-state index contributed by atoms with van der Waals surface area (Å²) < 4.78 is 0. The lowest BCUT2D eigenvalue weighted by Gasteiger charge is -2.18. The van der Waals surface area contributed by atoms with Crippen LogP contribution in [-0.2, 0) is 0 Å². The molecule has 0 atom stereocenters. The summed E-state index contributed by atoms with van der Waals surface area (Å²) in [5, 5.41) is 10.6. The number of rotatable bonds is 4. The smallest absolute Gasteiger partial charge is 0.0261 e. The predicted molar refractivity (Wildman–Crippen MR) is 54.4 cm³/mol. The molecule has 0 saturated carbocycles. The Morgan fingerprint density at radius 2 is 1.17 bits per heavy atom. The fourth-order valence-electron chi connectivity index (χ4n) is 0.918. The molecular weight excluding hydrogens is 150 g/mol. The van der Waals surface area contributed by atoms with Gasteiger partial charge in [0.1, 0.15) is 0 Å². The highest BCUT2D eigenvalue weighted by molar-refractivity contribution is 4.52. The van der Waals surface area contributed by atoms with E-state index in [1.165, 1.54) is 5.06 Å². The molecule has 0 bridgehead atoms. The maximum absolute atomic E-state index is 9.22. The molecule has 0 spiro atoms. The Balaban J connectivity index is 0. The highest BCUT2D eigenvalue weighted by Gasteiger charge is 2.04. The van der Waals surface area contributed by atoms with Crippen molar-refractivity contribution in [1.82, 2.24) is 5.06 Å². The minimum absolute atomic E-state index is 0.545. The summed E-state index contributed by atoms with van der Waals surface area (Å²) in [5.41, 5.74) is 0. The lowest BCUT2D eigenvalue weighted by Crippen LogP contribution is -2.27. The highest BCUT2D eigenvalue weighted by atomic mass is 16.5. The maximum Gasteiger partial charge on any atom is 0.0261 e. The van der Waals surface area contributed by atoms with Gasteiger partial charge in [0.2, 0.25) is 0 Å². The zero-order valence-corrected chi connectivity index (χ0v) is 9.46. The number of nitrogens with zero attached hydrogens (tertiary/aromatic N) is 1. The van der Waals surface area contributed by atoms with Crippen LogP contribution in [0.25, 0.3) is 0 Å². The van der Waals surface area contributed by atoms with Crippen LogP contribution >= 0.6 is 0 Å². The van der Waals surface area contributed by atoms with Gasteiger partial charge in [0.05, 0.1) is 0 Å². The summed E-state index contributed by atoms with van der Waals surface area (Å²) in [6.07, 6.45) is 0.